The standard InChI is InChI=1S/C22H23F2N7O2S/c1-6-31-11(4)15(9(2)29-31)21(33)28-17-16-12(13-8-26-30(5)10(13)3)7-14(19(23)24)27-22(16)34-18(17)20(25)32/h7-8,19H,6H2,1-5H3,(H2,25,32)(H,28,33). The van der Waals surface area contributed by atoms with Crippen LogP contribution in [0.5, 0.6) is 0 Å². The summed E-state index contributed by atoms with van der Waals surface area (Å²) in [4.78, 5) is 29.9. The Bertz CT molecular complexity index is 1450. The lowest BCUT2D eigenvalue weighted by molar-refractivity contribution is 0.100. The number of rotatable bonds is 6. The minimum atomic E-state index is -2.83. The average Bonchev–Trinajstić information content (AvgIpc) is 3.40. The maximum absolute atomic E-state index is 13.7. The van der Waals surface area contributed by atoms with Gasteiger partial charge in [0.1, 0.15) is 15.4 Å². The van der Waals surface area contributed by atoms with Crippen LogP contribution in [0.3, 0.4) is 0 Å². The van der Waals surface area contributed by atoms with Crippen LogP contribution in [-0.2, 0) is 13.6 Å². The van der Waals surface area contributed by atoms with Crippen LogP contribution < -0.4 is 11.1 Å². The molecule has 0 bridgehead atoms. The molecule has 0 saturated heterocycles. The van der Waals surface area contributed by atoms with E-state index in [-0.39, 0.29) is 15.4 Å². The SMILES string of the molecule is CCn1nc(C)c(C(=O)Nc2c(C(N)=O)sc3nc(C(F)F)cc(-c4cnn(C)c4C)c23)c1C. The zero-order chi connectivity index (χ0) is 24.9. The van der Waals surface area contributed by atoms with Gasteiger partial charge in [-0.05, 0) is 39.3 Å². The van der Waals surface area contributed by atoms with Gasteiger partial charge in [-0.15, -0.1) is 11.3 Å². The first-order valence-corrected chi connectivity index (χ1v) is 11.3. The molecular weight excluding hydrogens is 464 g/mol. The number of fused-ring (bicyclic) bond motifs is 1. The lowest BCUT2D eigenvalue weighted by Gasteiger charge is -2.11. The fourth-order valence-electron chi connectivity index (χ4n) is 4.01. The van der Waals surface area contributed by atoms with E-state index in [4.69, 9.17) is 5.73 Å². The van der Waals surface area contributed by atoms with E-state index < -0.39 is 23.9 Å². The number of pyridine rings is 1. The number of anilines is 1. The molecule has 3 N–H and O–H groups in total. The summed E-state index contributed by atoms with van der Waals surface area (Å²) >= 11 is 0.859. The molecule has 4 aromatic heterocycles. The van der Waals surface area contributed by atoms with Gasteiger partial charge in [0.05, 0.1) is 23.1 Å². The Balaban J connectivity index is 1.98. The van der Waals surface area contributed by atoms with Gasteiger partial charge in [-0.1, -0.05) is 0 Å². The number of thiophene rings is 1. The number of hydrogen-bond donors (Lipinski definition) is 2. The molecular formula is C22H23F2N7O2S. The van der Waals surface area contributed by atoms with E-state index in [1.807, 2.05) is 6.92 Å². The van der Waals surface area contributed by atoms with Crippen molar-refractivity contribution in [3.05, 3.63) is 45.5 Å². The van der Waals surface area contributed by atoms with Crippen molar-refractivity contribution in [2.24, 2.45) is 12.8 Å². The van der Waals surface area contributed by atoms with E-state index >= 15 is 0 Å². The Labute approximate surface area is 197 Å². The number of halogens is 2. The minimum Gasteiger partial charge on any atom is -0.365 e. The topological polar surface area (TPSA) is 121 Å². The van der Waals surface area contributed by atoms with Crippen molar-refractivity contribution in [1.82, 2.24) is 24.5 Å². The fraction of sp³-hybridized carbons (Fsp3) is 0.318. The molecule has 0 aliphatic rings. The lowest BCUT2D eigenvalue weighted by Crippen LogP contribution is -2.18. The Morgan fingerprint density at radius 1 is 1.21 bits per heavy atom. The summed E-state index contributed by atoms with van der Waals surface area (Å²) in [7, 11) is 1.73. The third kappa shape index (κ3) is 3.73. The average molecular weight is 488 g/mol. The Kier molecular flexibility index (Phi) is 5.94. The summed E-state index contributed by atoms with van der Waals surface area (Å²) in [5, 5.41) is 11.7. The number of nitrogens with one attached hydrogen (secondary N) is 1. The molecule has 0 aliphatic heterocycles. The second kappa shape index (κ2) is 8.60. The van der Waals surface area contributed by atoms with Crippen LogP contribution in [0.4, 0.5) is 14.5 Å². The number of nitrogens with zero attached hydrogens (tertiary/aromatic N) is 5. The molecule has 0 atom stereocenters. The van der Waals surface area contributed by atoms with Gasteiger partial charge in [0.15, 0.2) is 0 Å². The molecule has 2 amide bonds. The highest BCUT2D eigenvalue weighted by atomic mass is 32.1. The quantitative estimate of drug-likeness (QED) is 0.424. The van der Waals surface area contributed by atoms with Crippen LogP contribution in [-0.4, -0.2) is 36.4 Å². The van der Waals surface area contributed by atoms with Crippen molar-refractivity contribution in [2.45, 2.75) is 40.7 Å². The number of amides is 2. The van der Waals surface area contributed by atoms with Crippen molar-refractivity contribution in [1.29, 1.82) is 0 Å². The highest BCUT2D eigenvalue weighted by Gasteiger charge is 2.27. The van der Waals surface area contributed by atoms with Gasteiger partial charge in [-0.2, -0.15) is 10.2 Å². The summed E-state index contributed by atoms with van der Waals surface area (Å²) < 4.78 is 30.6. The maximum atomic E-state index is 13.7. The lowest BCUT2D eigenvalue weighted by atomic mass is 10.0. The zero-order valence-corrected chi connectivity index (χ0v) is 20.0. The van der Waals surface area contributed by atoms with E-state index in [1.165, 1.54) is 6.07 Å². The predicted molar refractivity (Wildman–Crippen MR) is 125 cm³/mol. The monoisotopic (exact) mass is 487 g/mol. The van der Waals surface area contributed by atoms with Gasteiger partial charge in [-0.3, -0.25) is 19.0 Å². The van der Waals surface area contributed by atoms with E-state index in [1.54, 1.807) is 43.4 Å². The van der Waals surface area contributed by atoms with Crippen molar-refractivity contribution in [3.63, 3.8) is 0 Å². The molecule has 0 aromatic carbocycles. The normalized spacial score (nSPS) is 11.5. The first-order chi connectivity index (χ1) is 16.0. The van der Waals surface area contributed by atoms with Gasteiger partial charge in [0.25, 0.3) is 18.2 Å². The van der Waals surface area contributed by atoms with E-state index in [2.05, 4.69) is 20.5 Å². The molecule has 4 aromatic rings. The number of aryl methyl sites for hydroxylation is 3. The molecule has 4 heterocycles. The van der Waals surface area contributed by atoms with E-state index in [0.717, 1.165) is 11.3 Å². The van der Waals surface area contributed by atoms with Crippen molar-refractivity contribution >= 4 is 39.1 Å². The van der Waals surface area contributed by atoms with Crippen LogP contribution in [0.2, 0.25) is 0 Å². The molecule has 0 aliphatic carbocycles. The summed E-state index contributed by atoms with van der Waals surface area (Å²) in [6.07, 6.45) is -1.28. The molecule has 178 valence electrons. The molecule has 0 radical (unpaired) electrons. The molecule has 0 spiro atoms. The second-order valence-corrected chi connectivity index (χ2v) is 8.83. The van der Waals surface area contributed by atoms with E-state index in [9.17, 15) is 18.4 Å². The maximum Gasteiger partial charge on any atom is 0.280 e. The number of nitrogens with two attached hydrogens (primary N) is 1. The van der Waals surface area contributed by atoms with Gasteiger partial charge in [0.2, 0.25) is 0 Å². The first-order valence-electron chi connectivity index (χ1n) is 10.4. The van der Waals surface area contributed by atoms with Crippen LogP contribution in [0.15, 0.2) is 12.3 Å². The molecule has 0 fully saturated rings. The fourth-order valence-corrected chi connectivity index (χ4v) is 5.02. The van der Waals surface area contributed by atoms with Crippen molar-refractivity contribution < 1.29 is 18.4 Å². The number of primary amides is 1. The minimum absolute atomic E-state index is 0.0169. The van der Waals surface area contributed by atoms with Crippen molar-refractivity contribution in [2.75, 3.05) is 5.32 Å². The summed E-state index contributed by atoms with van der Waals surface area (Å²) in [5.74, 6) is -1.29. The smallest absolute Gasteiger partial charge is 0.280 e. The third-order valence-electron chi connectivity index (χ3n) is 5.80. The largest absolute Gasteiger partial charge is 0.365 e. The number of carbonyl (C=O) groups excluding carboxylic acids is 2. The summed E-state index contributed by atoms with van der Waals surface area (Å²) in [5.41, 5.74) is 8.52. The van der Waals surface area contributed by atoms with Crippen molar-refractivity contribution in [3.8, 4) is 11.1 Å². The van der Waals surface area contributed by atoms with Crippen LogP contribution in [0.1, 0.15) is 56.2 Å². The zero-order valence-electron chi connectivity index (χ0n) is 19.2. The second-order valence-electron chi connectivity index (χ2n) is 7.83. The molecule has 34 heavy (non-hydrogen) atoms. The third-order valence-corrected chi connectivity index (χ3v) is 6.90. The van der Waals surface area contributed by atoms with E-state index in [0.29, 0.717) is 45.7 Å². The Hall–Kier alpha value is -3.67. The Morgan fingerprint density at radius 3 is 2.44 bits per heavy atom. The van der Waals surface area contributed by atoms with Crippen LogP contribution in [0, 0.1) is 20.8 Å². The molecule has 4 rings (SSSR count). The highest BCUT2D eigenvalue weighted by molar-refractivity contribution is 7.21. The van der Waals surface area contributed by atoms with Gasteiger partial charge in [0, 0.05) is 35.9 Å². The van der Waals surface area contributed by atoms with Gasteiger partial charge < -0.3 is 11.1 Å². The van der Waals surface area contributed by atoms with Crippen LogP contribution in [0.25, 0.3) is 21.3 Å². The summed E-state index contributed by atoms with van der Waals surface area (Å²) in [6.45, 7) is 7.78. The number of alkyl halides is 2. The van der Waals surface area contributed by atoms with Gasteiger partial charge >= 0.3 is 0 Å². The molecule has 0 saturated carbocycles. The molecule has 9 nitrogen and oxygen atoms in total. The predicted octanol–water partition coefficient (Wildman–Crippen LogP) is 4.13. The Morgan fingerprint density at radius 2 is 1.91 bits per heavy atom. The first kappa shape index (κ1) is 23.5. The number of aromatic nitrogens is 5. The highest BCUT2D eigenvalue weighted by Crippen LogP contribution is 2.43. The number of hydrogen-bond acceptors (Lipinski definition) is 6. The molecule has 12 heteroatoms. The van der Waals surface area contributed by atoms with Gasteiger partial charge in [-0.25, -0.2) is 13.8 Å². The summed E-state index contributed by atoms with van der Waals surface area (Å²) in [6, 6.07) is 1.26. The number of carbonyl (C=O) groups is 2. The van der Waals surface area contributed by atoms with Crippen LogP contribution >= 0.6 is 11.3 Å². The molecule has 0 unspecified atom stereocenters.